The Morgan fingerprint density at radius 1 is 0.914 bits per heavy atom. The molecule has 0 saturated heterocycles. The predicted molar refractivity (Wildman–Crippen MR) is 132 cm³/mol. The van der Waals surface area contributed by atoms with Crippen molar-refractivity contribution in [3.63, 3.8) is 0 Å². The van der Waals surface area contributed by atoms with Crippen LogP contribution in [0.4, 0.5) is 13.2 Å². The second-order valence-electron chi connectivity index (χ2n) is 8.43. The lowest BCUT2D eigenvalue weighted by Crippen LogP contribution is -2.39. The van der Waals surface area contributed by atoms with Gasteiger partial charge >= 0.3 is 6.18 Å². The van der Waals surface area contributed by atoms with Crippen LogP contribution in [0.3, 0.4) is 0 Å². The minimum Gasteiger partial charge on any atom is -0.480 e. The number of imidazole rings is 1. The van der Waals surface area contributed by atoms with Gasteiger partial charge in [0, 0.05) is 5.56 Å². The number of nitrogens with one attached hydrogen (secondary N) is 1. The second kappa shape index (κ2) is 10.3. The molecule has 4 rings (SSSR count). The maximum absolute atomic E-state index is 14.0. The number of halogens is 4. The molecular formula is C26H26ClF3N4O. The molecule has 0 radical (unpaired) electrons. The Bertz CT molecular complexity index is 1280. The Labute approximate surface area is 206 Å². The standard InChI is InChI=1S/C26H26ClF3N4O/c1-3-13-34(14-4-2)23(26(28,29)30)19-11-7-17(8-12-19)16-5-9-18(10-6-16)22-20(27)15-21-24(32-22)33-25(35)31-21/h5-12,15,23H,3-4,13-14H2,1-2H3,(H2,31,32,33,35). The number of aromatic amines is 1. The number of aromatic nitrogens is 3. The first-order valence-corrected chi connectivity index (χ1v) is 11.9. The molecule has 184 valence electrons. The van der Waals surface area contributed by atoms with Crippen LogP contribution >= 0.6 is 11.6 Å². The van der Waals surface area contributed by atoms with Crippen LogP contribution in [0.25, 0.3) is 33.5 Å². The lowest BCUT2D eigenvalue weighted by molar-refractivity contribution is -0.186. The number of pyridine rings is 1. The van der Waals surface area contributed by atoms with Crippen LogP contribution < -0.4 is 0 Å². The molecule has 35 heavy (non-hydrogen) atoms. The van der Waals surface area contributed by atoms with Crippen LogP contribution in [0.15, 0.2) is 54.6 Å². The lowest BCUT2D eigenvalue weighted by atomic mass is 9.98. The van der Waals surface area contributed by atoms with Gasteiger partial charge in [-0.25, -0.2) is 4.98 Å². The average Bonchev–Trinajstić information content (AvgIpc) is 3.17. The molecule has 0 fully saturated rings. The van der Waals surface area contributed by atoms with Gasteiger partial charge in [-0.15, -0.1) is 0 Å². The summed E-state index contributed by atoms with van der Waals surface area (Å²) < 4.78 is 42.0. The molecule has 2 N–H and O–H groups in total. The van der Waals surface area contributed by atoms with Gasteiger partial charge in [0.05, 0.1) is 16.2 Å². The zero-order chi connectivity index (χ0) is 25.2. The van der Waals surface area contributed by atoms with Crippen LogP contribution in [-0.2, 0) is 0 Å². The van der Waals surface area contributed by atoms with Crippen molar-refractivity contribution >= 4 is 22.8 Å². The molecule has 2 aromatic heterocycles. The fraction of sp³-hybridized carbons (Fsp3) is 0.308. The summed E-state index contributed by atoms with van der Waals surface area (Å²) >= 11 is 6.37. The highest BCUT2D eigenvalue weighted by Crippen LogP contribution is 2.39. The van der Waals surface area contributed by atoms with Crippen LogP contribution in [0.5, 0.6) is 6.01 Å². The Morgan fingerprint density at radius 2 is 1.46 bits per heavy atom. The number of hydrogen-bond acceptors (Lipinski definition) is 4. The van der Waals surface area contributed by atoms with Gasteiger partial charge < -0.3 is 10.1 Å². The molecule has 2 aromatic carbocycles. The molecule has 0 aliphatic heterocycles. The average molecular weight is 503 g/mol. The fourth-order valence-corrected chi connectivity index (χ4v) is 4.60. The number of aromatic hydroxyl groups is 1. The smallest absolute Gasteiger partial charge is 0.408 e. The van der Waals surface area contributed by atoms with E-state index in [-0.39, 0.29) is 11.6 Å². The number of rotatable bonds is 8. The van der Waals surface area contributed by atoms with Crippen molar-refractivity contribution in [2.75, 3.05) is 13.1 Å². The first-order valence-electron chi connectivity index (χ1n) is 11.5. The molecule has 0 saturated carbocycles. The van der Waals surface area contributed by atoms with Gasteiger partial charge in [0.2, 0.25) is 0 Å². The third-order valence-corrected chi connectivity index (χ3v) is 6.12. The Morgan fingerprint density at radius 3 is 2.00 bits per heavy atom. The van der Waals surface area contributed by atoms with Crippen molar-refractivity contribution in [3.05, 3.63) is 65.2 Å². The van der Waals surface area contributed by atoms with Gasteiger partial charge in [-0.1, -0.05) is 74.0 Å². The van der Waals surface area contributed by atoms with Gasteiger partial charge in [-0.05, 0) is 48.7 Å². The molecule has 0 aliphatic carbocycles. The van der Waals surface area contributed by atoms with E-state index in [0.29, 0.717) is 47.8 Å². The highest BCUT2D eigenvalue weighted by atomic mass is 35.5. The van der Waals surface area contributed by atoms with Crippen molar-refractivity contribution < 1.29 is 18.3 Å². The van der Waals surface area contributed by atoms with Gasteiger partial charge in [0.1, 0.15) is 6.04 Å². The number of hydrogen-bond donors (Lipinski definition) is 2. The molecule has 0 amide bonds. The topological polar surface area (TPSA) is 65.0 Å². The molecule has 9 heteroatoms. The van der Waals surface area contributed by atoms with E-state index < -0.39 is 12.2 Å². The quantitative estimate of drug-likeness (QED) is 0.264. The molecule has 0 bridgehead atoms. The van der Waals surface area contributed by atoms with Gasteiger partial charge in [0.25, 0.3) is 6.01 Å². The third-order valence-electron chi connectivity index (χ3n) is 5.83. The zero-order valence-corrected chi connectivity index (χ0v) is 20.2. The Kier molecular flexibility index (Phi) is 7.33. The van der Waals surface area contributed by atoms with Crippen molar-refractivity contribution in [2.24, 2.45) is 0 Å². The van der Waals surface area contributed by atoms with E-state index in [4.69, 9.17) is 11.6 Å². The van der Waals surface area contributed by atoms with Crippen LogP contribution in [0, 0.1) is 0 Å². The van der Waals surface area contributed by atoms with E-state index in [1.54, 1.807) is 30.3 Å². The molecule has 0 aliphatic rings. The van der Waals surface area contributed by atoms with Crippen molar-refractivity contribution in [3.8, 4) is 28.4 Å². The zero-order valence-electron chi connectivity index (χ0n) is 19.4. The largest absolute Gasteiger partial charge is 0.480 e. The number of nitrogens with zero attached hydrogens (tertiary/aromatic N) is 3. The van der Waals surface area contributed by atoms with Gasteiger partial charge in [-0.3, -0.25) is 4.90 Å². The van der Waals surface area contributed by atoms with Gasteiger partial charge in [-0.2, -0.15) is 18.2 Å². The second-order valence-corrected chi connectivity index (χ2v) is 8.84. The van der Waals surface area contributed by atoms with E-state index in [0.717, 1.165) is 16.7 Å². The highest BCUT2D eigenvalue weighted by molar-refractivity contribution is 6.33. The molecular weight excluding hydrogens is 477 g/mol. The van der Waals surface area contributed by atoms with E-state index in [1.165, 1.54) is 4.90 Å². The molecule has 0 spiro atoms. The lowest BCUT2D eigenvalue weighted by Gasteiger charge is -2.33. The maximum atomic E-state index is 14.0. The summed E-state index contributed by atoms with van der Waals surface area (Å²) in [4.78, 5) is 12.5. The van der Waals surface area contributed by atoms with Crippen LogP contribution in [0.1, 0.15) is 38.3 Å². The highest BCUT2D eigenvalue weighted by Gasteiger charge is 2.44. The minimum atomic E-state index is -4.36. The van der Waals surface area contributed by atoms with E-state index >= 15 is 0 Å². The predicted octanol–water partition coefficient (Wildman–Crippen LogP) is 7.38. The molecule has 1 unspecified atom stereocenters. The first-order chi connectivity index (χ1) is 16.7. The summed E-state index contributed by atoms with van der Waals surface area (Å²) in [5.41, 5.74) is 4.07. The van der Waals surface area contributed by atoms with Crippen LogP contribution in [-0.4, -0.2) is 44.2 Å². The van der Waals surface area contributed by atoms with Crippen molar-refractivity contribution in [1.29, 1.82) is 0 Å². The number of H-pyrrole nitrogens is 1. The van der Waals surface area contributed by atoms with E-state index in [2.05, 4.69) is 15.0 Å². The summed E-state index contributed by atoms with van der Waals surface area (Å²) in [7, 11) is 0. The normalized spacial score (nSPS) is 13.0. The number of fused-ring (bicyclic) bond motifs is 1. The molecule has 1 atom stereocenters. The fourth-order valence-electron chi connectivity index (χ4n) is 4.34. The summed E-state index contributed by atoms with van der Waals surface area (Å²) in [5.74, 6) is 0. The van der Waals surface area contributed by atoms with E-state index in [9.17, 15) is 18.3 Å². The number of benzene rings is 2. The molecule has 5 nitrogen and oxygen atoms in total. The van der Waals surface area contributed by atoms with Crippen molar-refractivity contribution in [1.82, 2.24) is 19.9 Å². The van der Waals surface area contributed by atoms with Crippen molar-refractivity contribution in [2.45, 2.75) is 38.9 Å². The summed E-state index contributed by atoms with van der Waals surface area (Å²) in [5, 5.41) is 9.94. The SMILES string of the molecule is CCCN(CCC)C(c1ccc(-c2ccc(-c3nc4nc(O)[nH]c4cc3Cl)cc2)cc1)C(F)(F)F. The number of alkyl halides is 3. The van der Waals surface area contributed by atoms with Gasteiger partial charge in [0.15, 0.2) is 5.65 Å². The Balaban J connectivity index is 1.60. The van der Waals surface area contributed by atoms with E-state index in [1.807, 2.05) is 38.1 Å². The monoisotopic (exact) mass is 502 g/mol. The first kappa shape index (κ1) is 25.0. The minimum absolute atomic E-state index is 0.236. The molecule has 4 aromatic rings. The summed E-state index contributed by atoms with van der Waals surface area (Å²) in [6.07, 6.45) is -3.04. The molecule has 2 heterocycles. The Hall–Kier alpha value is -3.10. The van der Waals surface area contributed by atoms with Crippen LogP contribution in [0.2, 0.25) is 5.02 Å². The third kappa shape index (κ3) is 5.44. The summed E-state index contributed by atoms with van der Waals surface area (Å²) in [6, 6.07) is 13.8. The summed E-state index contributed by atoms with van der Waals surface area (Å²) in [6.45, 7) is 4.56. The maximum Gasteiger partial charge on any atom is 0.408 e.